The van der Waals surface area contributed by atoms with E-state index in [0.29, 0.717) is 17.3 Å². The van der Waals surface area contributed by atoms with Crippen LogP contribution in [0.15, 0.2) is 24.3 Å². The molecule has 0 fully saturated rings. The van der Waals surface area contributed by atoms with Crippen molar-refractivity contribution in [3.05, 3.63) is 51.8 Å². The molecule has 1 heterocycles. The highest BCUT2D eigenvalue weighted by Gasteiger charge is 2.21. The van der Waals surface area contributed by atoms with E-state index in [-0.39, 0.29) is 18.4 Å². The summed E-state index contributed by atoms with van der Waals surface area (Å²) < 4.78 is 0. The number of halogens is 1. The standard InChI is InChI=1S/C17H19ClN4O2/c18-12-7-5-11(6-8-12)9-19-15(23)10-20-17(24)16-13-3-1-2-4-14(13)21-22-16/h5-8H,1-4,9-10H2,(H,19,23)(H,20,24)(H,21,22). The van der Waals surface area contributed by atoms with Crippen molar-refractivity contribution in [3.8, 4) is 0 Å². The zero-order valence-corrected chi connectivity index (χ0v) is 13.9. The first-order chi connectivity index (χ1) is 11.6. The number of nitrogens with zero attached hydrogens (tertiary/aromatic N) is 1. The number of nitrogens with one attached hydrogen (secondary N) is 3. The summed E-state index contributed by atoms with van der Waals surface area (Å²) in [6.45, 7) is 0.317. The minimum Gasteiger partial charge on any atom is -0.350 e. The molecular formula is C17H19ClN4O2. The van der Waals surface area contributed by atoms with Crippen LogP contribution >= 0.6 is 11.6 Å². The van der Waals surface area contributed by atoms with Gasteiger partial charge in [-0.1, -0.05) is 23.7 Å². The fourth-order valence-electron chi connectivity index (χ4n) is 2.78. The summed E-state index contributed by atoms with van der Waals surface area (Å²) in [6, 6.07) is 7.23. The summed E-state index contributed by atoms with van der Waals surface area (Å²) in [5.41, 5.74) is 3.38. The molecule has 6 nitrogen and oxygen atoms in total. The van der Waals surface area contributed by atoms with Gasteiger partial charge in [-0.05, 0) is 43.4 Å². The first-order valence-corrected chi connectivity index (χ1v) is 8.37. The minimum atomic E-state index is -0.309. The molecule has 1 aromatic heterocycles. The predicted octanol–water partition coefficient (Wildman–Crippen LogP) is 1.99. The van der Waals surface area contributed by atoms with Crippen molar-refractivity contribution in [1.82, 2.24) is 20.8 Å². The van der Waals surface area contributed by atoms with Crippen LogP contribution in [0.2, 0.25) is 5.02 Å². The summed E-state index contributed by atoms with van der Waals surface area (Å²) in [7, 11) is 0. The third kappa shape index (κ3) is 3.94. The molecule has 3 rings (SSSR count). The maximum Gasteiger partial charge on any atom is 0.272 e. The molecule has 0 unspecified atom stereocenters. The van der Waals surface area contributed by atoms with Crippen molar-refractivity contribution < 1.29 is 9.59 Å². The van der Waals surface area contributed by atoms with E-state index in [2.05, 4.69) is 20.8 Å². The van der Waals surface area contributed by atoms with E-state index in [0.717, 1.165) is 42.5 Å². The van der Waals surface area contributed by atoms with E-state index in [1.807, 2.05) is 12.1 Å². The number of aromatic amines is 1. The number of rotatable bonds is 5. The van der Waals surface area contributed by atoms with Crippen LogP contribution in [-0.2, 0) is 24.2 Å². The molecule has 1 aliphatic rings. The molecule has 1 aromatic carbocycles. The van der Waals surface area contributed by atoms with Gasteiger partial charge in [0.15, 0.2) is 5.69 Å². The SMILES string of the molecule is O=C(CNC(=O)c1n[nH]c2c1CCCC2)NCc1ccc(Cl)cc1. The average Bonchev–Trinajstić information content (AvgIpc) is 3.03. The molecule has 2 amide bonds. The van der Waals surface area contributed by atoms with Crippen molar-refractivity contribution in [2.75, 3.05) is 6.54 Å². The van der Waals surface area contributed by atoms with Crippen LogP contribution in [0.3, 0.4) is 0 Å². The summed E-state index contributed by atoms with van der Waals surface area (Å²) in [6.07, 6.45) is 3.96. The van der Waals surface area contributed by atoms with E-state index >= 15 is 0 Å². The molecule has 0 atom stereocenters. The normalized spacial score (nSPS) is 13.2. The molecular weight excluding hydrogens is 328 g/mol. The van der Waals surface area contributed by atoms with Gasteiger partial charge in [0.2, 0.25) is 5.91 Å². The Balaban J connectivity index is 1.48. The average molecular weight is 347 g/mol. The van der Waals surface area contributed by atoms with Gasteiger partial charge in [-0.3, -0.25) is 14.7 Å². The molecule has 0 radical (unpaired) electrons. The Labute approximate surface area is 145 Å². The Morgan fingerprint density at radius 3 is 2.67 bits per heavy atom. The molecule has 0 saturated carbocycles. The number of amides is 2. The molecule has 0 saturated heterocycles. The number of fused-ring (bicyclic) bond motifs is 1. The van der Waals surface area contributed by atoms with E-state index in [4.69, 9.17) is 11.6 Å². The van der Waals surface area contributed by atoms with Crippen LogP contribution in [0.25, 0.3) is 0 Å². The first kappa shape index (κ1) is 16.5. The lowest BCUT2D eigenvalue weighted by atomic mass is 9.96. The number of aryl methyl sites for hydroxylation is 1. The summed E-state index contributed by atoms with van der Waals surface area (Å²) in [5, 5.41) is 13.1. The number of hydrogen-bond acceptors (Lipinski definition) is 3. The largest absolute Gasteiger partial charge is 0.350 e. The molecule has 24 heavy (non-hydrogen) atoms. The van der Waals surface area contributed by atoms with Crippen LogP contribution in [-0.4, -0.2) is 28.6 Å². The minimum absolute atomic E-state index is 0.0753. The molecule has 7 heteroatoms. The smallest absolute Gasteiger partial charge is 0.272 e. The second-order valence-corrected chi connectivity index (χ2v) is 6.26. The second-order valence-electron chi connectivity index (χ2n) is 5.82. The van der Waals surface area contributed by atoms with Crippen molar-refractivity contribution in [1.29, 1.82) is 0 Å². The van der Waals surface area contributed by atoms with Crippen molar-refractivity contribution in [3.63, 3.8) is 0 Å². The third-order valence-electron chi connectivity index (χ3n) is 4.08. The van der Waals surface area contributed by atoms with Crippen LogP contribution in [0.1, 0.15) is 40.2 Å². The van der Waals surface area contributed by atoms with Crippen LogP contribution < -0.4 is 10.6 Å². The lowest BCUT2D eigenvalue weighted by Crippen LogP contribution is -2.37. The quantitative estimate of drug-likeness (QED) is 0.773. The fourth-order valence-corrected chi connectivity index (χ4v) is 2.90. The van der Waals surface area contributed by atoms with Crippen LogP contribution in [0.5, 0.6) is 0 Å². The van der Waals surface area contributed by atoms with Gasteiger partial charge in [0.1, 0.15) is 0 Å². The molecule has 0 aliphatic heterocycles. The number of carbonyl (C=O) groups is 2. The van der Waals surface area contributed by atoms with E-state index in [9.17, 15) is 9.59 Å². The Kier molecular flexibility index (Phi) is 5.15. The van der Waals surface area contributed by atoms with E-state index < -0.39 is 0 Å². The van der Waals surface area contributed by atoms with Crippen molar-refractivity contribution in [2.45, 2.75) is 32.2 Å². The third-order valence-corrected chi connectivity index (χ3v) is 4.34. The summed E-state index contributed by atoms with van der Waals surface area (Å²) >= 11 is 5.81. The van der Waals surface area contributed by atoms with Gasteiger partial charge in [0.25, 0.3) is 5.91 Å². The van der Waals surface area contributed by atoms with E-state index in [1.165, 1.54) is 0 Å². The monoisotopic (exact) mass is 346 g/mol. The molecule has 3 N–H and O–H groups in total. The lowest BCUT2D eigenvalue weighted by molar-refractivity contribution is -0.120. The van der Waals surface area contributed by atoms with Crippen molar-refractivity contribution in [2.24, 2.45) is 0 Å². The highest BCUT2D eigenvalue weighted by atomic mass is 35.5. The number of carbonyl (C=O) groups excluding carboxylic acids is 2. The van der Waals surface area contributed by atoms with E-state index in [1.54, 1.807) is 12.1 Å². The Morgan fingerprint density at radius 2 is 1.88 bits per heavy atom. The van der Waals surface area contributed by atoms with Gasteiger partial charge < -0.3 is 10.6 Å². The van der Waals surface area contributed by atoms with Gasteiger partial charge in [-0.25, -0.2) is 0 Å². The molecule has 126 valence electrons. The zero-order chi connectivity index (χ0) is 16.9. The molecule has 2 aromatic rings. The topological polar surface area (TPSA) is 86.9 Å². The van der Waals surface area contributed by atoms with Crippen molar-refractivity contribution >= 4 is 23.4 Å². The highest BCUT2D eigenvalue weighted by molar-refractivity contribution is 6.30. The first-order valence-electron chi connectivity index (χ1n) is 7.99. The Hall–Kier alpha value is -2.34. The highest BCUT2D eigenvalue weighted by Crippen LogP contribution is 2.21. The second kappa shape index (κ2) is 7.49. The number of H-pyrrole nitrogens is 1. The number of hydrogen-bond donors (Lipinski definition) is 3. The number of benzene rings is 1. The van der Waals surface area contributed by atoms with Crippen LogP contribution in [0.4, 0.5) is 0 Å². The fraction of sp³-hybridized carbons (Fsp3) is 0.353. The van der Waals surface area contributed by atoms with Gasteiger partial charge in [-0.2, -0.15) is 5.10 Å². The zero-order valence-electron chi connectivity index (χ0n) is 13.2. The summed E-state index contributed by atoms with van der Waals surface area (Å²) in [4.78, 5) is 24.1. The maximum atomic E-state index is 12.2. The molecule has 0 spiro atoms. The molecule has 0 bridgehead atoms. The number of aromatic nitrogens is 2. The summed E-state index contributed by atoms with van der Waals surface area (Å²) in [5.74, 6) is -0.557. The van der Waals surface area contributed by atoms with Gasteiger partial charge in [-0.15, -0.1) is 0 Å². The maximum absolute atomic E-state index is 12.2. The van der Waals surface area contributed by atoms with Crippen LogP contribution in [0, 0.1) is 0 Å². The Morgan fingerprint density at radius 1 is 1.12 bits per heavy atom. The van der Waals surface area contributed by atoms with Gasteiger partial charge in [0.05, 0.1) is 6.54 Å². The predicted molar refractivity (Wildman–Crippen MR) is 90.9 cm³/mol. The van der Waals surface area contributed by atoms with Gasteiger partial charge in [0, 0.05) is 22.8 Å². The Bertz CT molecular complexity index is 740. The molecule has 1 aliphatic carbocycles. The lowest BCUT2D eigenvalue weighted by Gasteiger charge is -2.11. The van der Waals surface area contributed by atoms with Gasteiger partial charge >= 0.3 is 0 Å².